The number of aliphatic hydroxyl groups excluding tert-OH is 1. The van der Waals surface area contributed by atoms with Crippen LogP contribution in [-0.4, -0.2) is 24.2 Å². The van der Waals surface area contributed by atoms with Crippen molar-refractivity contribution in [1.82, 2.24) is 5.32 Å². The first kappa shape index (κ1) is 10.4. The highest BCUT2D eigenvalue weighted by Crippen LogP contribution is 2.20. The number of likely N-dealkylation sites (N-methyl/N-ethyl adjacent to an activating group) is 1. The lowest BCUT2D eigenvalue weighted by Gasteiger charge is -2.20. The van der Waals surface area contributed by atoms with Gasteiger partial charge in [-0.05, 0) is 11.8 Å². The van der Waals surface area contributed by atoms with Crippen molar-refractivity contribution in [2.24, 2.45) is 5.41 Å². The molecule has 0 radical (unpaired) electrons. The van der Waals surface area contributed by atoms with Gasteiger partial charge < -0.3 is 10.4 Å². The highest BCUT2D eigenvalue weighted by molar-refractivity contribution is 5.80. The predicted octanol–water partition coefficient (Wildman–Crippen LogP) is 0.529. The zero-order valence-corrected chi connectivity index (χ0v) is 7.64. The maximum atomic E-state index is 10.8. The lowest BCUT2D eigenvalue weighted by atomic mass is 9.89. The monoisotopic (exact) mass is 159 g/mol. The van der Waals surface area contributed by atoms with Gasteiger partial charge in [-0.2, -0.15) is 0 Å². The minimum atomic E-state index is -0.875. The Balaban J connectivity index is 3.87. The van der Waals surface area contributed by atoms with Gasteiger partial charge in [0.15, 0.2) is 0 Å². The Kier molecular flexibility index (Phi) is 3.52. The Bertz CT molecular complexity index is 138. The fraction of sp³-hybridized carbons (Fsp3) is 0.875. The number of carbonyl (C=O) groups is 1. The lowest BCUT2D eigenvalue weighted by molar-refractivity contribution is -0.130. The Hall–Kier alpha value is -0.570. The summed E-state index contributed by atoms with van der Waals surface area (Å²) >= 11 is 0. The van der Waals surface area contributed by atoms with E-state index in [1.54, 1.807) is 0 Å². The van der Waals surface area contributed by atoms with Gasteiger partial charge in [0, 0.05) is 7.05 Å². The quantitative estimate of drug-likeness (QED) is 0.617. The summed E-state index contributed by atoms with van der Waals surface area (Å²) in [7, 11) is 1.52. The Labute approximate surface area is 67.8 Å². The molecule has 0 aliphatic heterocycles. The molecule has 0 bridgehead atoms. The molecule has 0 aromatic rings. The second kappa shape index (κ2) is 3.72. The minimum Gasteiger partial charge on any atom is -0.383 e. The molecular weight excluding hydrogens is 142 g/mol. The van der Waals surface area contributed by atoms with Gasteiger partial charge in [0.2, 0.25) is 5.91 Å². The van der Waals surface area contributed by atoms with Gasteiger partial charge in [-0.25, -0.2) is 0 Å². The number of aliphatic hydroxyl groups is 1. The van der Waals surface area contributed by atoms with E-state index >= 15 is 0 Å². The number of nitrogens with one attached hydrogen (secondary N) is 1. The summed E-state index contributed by atoms with van der Waals surface area (Å²) in [6.07, 6.45) is -0.382. The molecule has 0 aromatic heterocycles. The van der Waals surface area contributed by atoms with Gasteiger partial charge in [-0.15, -0.1) is 0 Å². The molecule has 0 aliphatic rings. The molecule has 0 rings (SSSR count). The van der Waals surface area contributed by atoms with Crippen molar-refractivity contribution in [3.63, 3.8) is 0 Å². The summed E-state index contributed by atoms with van der Waals surface area (Å²) in [5.74, 6) is -0.306. The summed E-state index contributed by atoms with van der Waals surface area (Å²) in [6.45, 7) is 5.96. The van der Waals surface area contributed by atoms with Crippen LogP contribution in [0.5, 0.6) is 0 Å². The van der Waals surface area contributed by atoms with Gasteiger partial charge in [0.1, 0.15) is 6.10 Å². The molecular formula is C8H17NO2. The van der Waals surface area contributed by atoms with Gasteiger partial charge in [0.25, 0.3) is 0 Å². The third kappa shape index (κ3) is 4.79. The van der Waals surface area contributed by atoms with Crippen molar-refractivity contribution in [1.29, 1.82) is 0 Å². The van der Waals surface area contributed by atoms with Crippen molar-refractivity contribution in [3.05, 3.63) is 0 Å². The van der Waals surface area contributed by atoms with E-state index in [2.05, 4.69) is 5.32 Å². The predicted molar refractivity (Wildman–Crippen MR) is 44.1 cm³/mol. The first-order chi connectivity index (χ1) is 4.87. The van der Waals surface area contributed by atoms with Crippen molar-refractivity contribution in [3.8, 4) is 0 Å². The fourth-order valence-corrected chi connectivity index (χ4v) is 0.839. The standard InChI is InChI=1S/C8H17NO2/c1-8(2,3)5-6(10)7(11)9-4/h6,10H,5H2,1-4H3,(H,9,11)/t6-/m0/s1. The van der Waals surface area contributed by atoms with Crippen LogP contribution in [0.25, 0.3) is 0 Å². The van der Waals surface area contributed by atoms with E-state index in [1.807, 2.05) is 20.8 Å². The average Bonchev–Trinajstić information content (AvgIpc) is 1.82. The summed E-state index contributed by atoms with van der Waals surface area (Å²) in [4.78, 5) is 10.8. The van der Waals surface area contributed by atoms with Crippen molar-refractivity contribution >= 4 is 5.91 Å². The van der Waals surface area contributed by atoms with E-state index < -0.39 is 6.10 Å². The van der Waals surface area contributed by atoms with Crippen LogP contribution in [0, 0.1) is 5.41 Å². The summed E-state index contributed by atoms with van der Waals surface area (Å²) in [6, 6.07) is 0. The summed E-state index contributed by atoms with van der Waals surface area (Å²) in [5, 5.41) is 11.6. The molecule has 3 nitrogen and oxygen atoms in total. The van der Waals surface area contributed by atoms with E-state index in [4.69, 9.17) is 0 Å². The van der Waals surface area contributed by atoms with Crippen LogP contribution in [0.1, 0.15) is 27.2 Å². The maximum absolute atomic E-state index is 10.8. The SMILES string of the molecule is CNC(=O)[C@@H](O)CC(C)(C)C. The summed E-state index contributed by atoms with van der Waals surface area (Å²) < 4.78 is 0. The molecule has 0 fully saturated rings. The molecule has 0 saturated carbocycles. The van der Waals surface area contributed by atoms with Crippen molar-refractivity contribution in [2.75, 3.05) is 7.05 Å². The summed E-state index contributed by atoms with van der Waals surface area (Å²) in [5.41, 5.74) is -0.00801. The molecule has 0 aromatic carbocycles. The largest absolute Gasteiger partial charge is 0.383 e. The molecule has 0 unspecified atom stereocenters. The van der Waals surface area contributed by atoms with E-state index in [0.717, 1.165) is 0 Å². The molecule has 1 atom stereocenters. The average molecular weight is 159 g/mol. The Morgan fingerprint density at radius 2 is 2.00 bits per heavy atom. The third-order valence-corrected chi connectivity index (χ3v) is 1.35. The topological polar surface area (TPSA) is 49.3 Å². The molecule has 2 N–H and O–H groups in total. The maximum Gasteiger partial charge on any atom is 0.248 e. The molecule has 0 aliphatic carbocycles. The number of hydrogen-bond acceptors (Lipinski definition) is 2. The van der Waals surface area contributed by atoms with Gasteiger partial charge in [-0.1, -0.05) is 20.8 Å². The van der Waals surface area contributed by atoms with Crippen LogP contribution in [0.2, 0.25) is 0 Å². The molecule has 11 heavy (non-hydrogen) atoms. The van der Waals surface area contributed by atoms with Crippen LogP contribution in [-0.2, 0) is 4.79 Å². The smallest absolute Gasteiger partial charge is 0.248 e. The third-order valence-electron chi connectivity index (χ3n) is 1.35. The van der Waals surface area contributed by atoms with Gasteiger partial charge >= 0.3 is 0 Å². The lowest BCUT2D eigenvalue weighted by Crippen LogP contribution is -2.34. The number of rotatable bonds is 2. The van der Waals surface area contributed by atoms with E-state index in [-0.39, 0.29) is 11.3 Å². The van der Waals surface area contributed by atoms with Crippen LogP contribution >= 0.6 is 0 Å². The Morgan fingerprint density at radius 1 is 1.55 bits per heavy atom. The number of hydrogen-bond donors (Lipinski definition) is 2. The zero-order chi connectivity index (χ0) is 9.07. The van der Waals surface area contributed by atoms with Gasteiger partial charge in [-0.3, -0.25) is 4.79 Å². The fourth-order valence-electron chi connectivity index (χ4n) is 0.839. The second-order valence-electron chi connectivity index (χ2n) is 3.89. The van der Waals surface area contributed by atoms with Crippen molar-refractivity contribution in [2.45, 2.75) is 33.3 Å². The highest BCUT2D eigenvalue weighted by Gasteiger charge is 2.21. The molecule has 1 amide bonds. The number of amides is 1. The molecule has 0 spiro atoms. The minimum absolute atomic E-state index is 0.00801. The van der Waals surface area contributed by atoms with Crippen molar-refractivity contribution < 1.29 is 9.90 Å². The highest BCUT2D eigenvalue weighted by atomic mass is 16.3. The van der Waals surface area contributed by atoms with E-state index in [0.29, 0.717) is 6.42 Å². The molecule has 3 heteroatoms. The first-order valence-electron chi connectivity index (χ1n) is 3.76. The van der Waals surface area contributed by atoms with E-state index in [9.17, 15) is 9.90 Å². The van der Waals surface area contributed by atoms with Crippen LogP contribution in [0.15, 0.2) is 0 Å². The van der Waals surface area contributed by atoms with E-state index in [1.165, 1.54) is 7.05 Å². The van der Waals surface area contributed by atoms with Gasteiger partial charge in [0.05, 0.1) is 0 Å². The molecule has 66 valence electrons. The first-order valence-corrected chi connectivity index (χ1v) is 3.76. The molecule has 0 heterocycles. The normalized spacial score (nSPS) is 14.3. The Morgan fingerprint density at radius 3 is 2.27 bits per heavy atom. The van der Waals surface area contributed by atoms with Crippen LogP contribution in [0.3, 0.4) is 0 Å². The second-order valence-corrected chi connectivity index (χ2v) is 3.89. The van der Waals surface area contributed by atoms with Crippen LogP contribution in [0.4, 0.5) is 0 Å². The number of carbonyl (C=O) groups excluding carboxylic acids is 1. The van der Waals surface area contributed by atoms with Crippen LogP contribution < -0.4 is 5.32 Å². The zero-order valence-electron chi connectivity index (χ0n) is 7.64. The molecule has 0 saturated heterocycles.